The lowest BCUT2D eigenvalue weighted by Crippen LogP contribution is -2.79. The van der Waals surface area contributed by atoms with Crippen molar-refractivity contribution in [1.82, 2.24) is 4.90 Å². The summed E-state index contributed by atoms with van der Waals surface area (Å²) in [5, 5.41) is 8.72. The zero-order valence-corrected chi connectivity index (χ0v) is 20.9. The molecule has 1 atom stereocenters. The van der Waals surface area contributed by atoms with Crippen LogP contribution in [0.3, 0.4) is 0 Å². The van der Waals surface area contributed by atoms with E-state index in [1.54, 1.807) is 11.9 Å². The number of likely N-dealkylation sites (N-methyl/N-ethyl adjacent to an activating group) is 1. The van der Waals surface area contributed by atoms with Crippen LogP contribution < -0.4 is 10.4 Å². The standard InChI is InChI=1S/C22H29ClF3N2O8/c1-21(2,3)15-11-17-13(10-16(15)23)9-14(18(36-17)22(24,25)26)19(29)33-12-34-20(30)32-7-5-28(4)6-8-35-27-31/h9-11,18,31H,5-8,12,27H2,1-4H3/q+1. The molecule has 36 heavy (non-hydrogen) atoms. The molecule has 0 radical (unpaired) electrons. The van der Waals surface area contributed by atoms with Gasteiger partial charge in [-0.15, -0.1) is 0 Å². The second kappa shape index (κ2) is 12.6. The Hall–Kier alpha value is -2.58. The van der Waals surface area contributed by atoms with E-state index in [1.165, 1.54) is 12.1 Å². The number of quaternary nitrogens is 1. The highest BCUT2D eigenvalue weighted by Crippen LogP contribution is 2.42. The number of hydrogen-bond donors (Lipinski definition) is 2. The van der Waals surface area contributed by atoms with Crippen LogP contribution in [0.4, 0.5) is 18.0 Å². The summed E-state index contributed by atoms with van der Waals surface area (Å²) in [4.78, 5) is 30.4. The monoisotopic (exact) mass is 541 g/mol. The molecule has 1 aliphatic rings. The zero-order chi connectivity index (χ0) is 27.1. The third kappa shape index (κ3) is 8.52. The number of carbonyl (C=O) groups is 2. The third-order valence-electron chi connectivity index (χ3n) is 5.00. The summed E-state index contributed by atoms with van der Waals surface area (Å²) in [5.74, 6) is -1.46. The molecule has 1 aromatic carbocycles. The molecule has 3 N–H and O–H groups in total. The van der Waals surface area contributed by atoms with Gasteiger partial charge in [0.15, 0.2) is 0 Å². The van der Waals surface area contributed by atoms with Crippen LogP contribution in [-0.2, 0) is 29.3 Å². The van der Waals surface area contributed by atoms with Crippen LogP contribution >= 0.6 is 11.6 Å². The van der Waals surface area contributed by atoms with E-state index in [-0.39, 0.29) is 24.5 Å². The fraction of sp³-hybridized carbons (Fsp3) is 0.545. The number of carbonyl (C=O) groups excluding carboxylic acids is 2. The van der Waals surface area contributed by atoms with Gasteiger partial charge in [0.2, 0.25) is 12.9 Å². The predicted octanol–water partition coefficient (Wildman–Crippen LogP) is 2.81. The lowest BCUT2D eigenvalue weighted by atomic mass is 9.85. The predicted molar refractivity (Wildman–Crippen MR) is 119 cm³/mol. The maximum absolute atomic E-state index is 13.7. The van der Waals surface area contributed by atoms with Gasteiger partial charge in [-0.2, -0.15) is 23.2 Å². The molecule has 0 amide bonds. The summed E-state index contributed by atoms with van der Waals surface area (Å²) < 4.78 is 60.3. The molecule has 0 saturated heterocycles. The average Bonchev–Trinajstić information content (AvgIpc) is 2.76. The van der Waals surface area contributed by atoms with E-state index in [4.69, 9.17) is 31.0 Å². The minimum atomic E-state index is -4.92. The topological polar surface area (TPSA) is 120 Å². The first-order chi connectivity index (χ1) is 16.7. The largest absolute Gasteiger partial charge is 0.511 e. The molecule has 14 heteroatoms. The second-order valence-electron chi connectivity index (χ2n) is 8.83. The fourth-order valence-corrected chi connectivity index (χ4v) is 3.57. The Morgan fingerprint density at radius 3 is 2.42 bits per heavy atom. The molecule has 0 bridgehead atoms. The van der Waals surface area contributed by atoms with Crippen LogP contribution in [0, 0.1) is 0 Å². The van der Waals surface area contributed by atoms with Gasteiger partial charge in [-0.05, 0) is 36.2 Å². The van der Waals surface area contributed by atoms with Gasteiger partial charge in [0, 0.05) is 23.7 Å². The van der Waals surface area contributed by atoms with Gasteiger partial charge in [0.25, 0.3) is 0 Å². The Bertz CT molecular complexity index is 966. The zero-order valence-electron chi connectivity index (χ0n) is 20.2. The van der Waals surface area contributed by atoms with Crippen LogP contribution in [0.2, 0.25) is 5.02 Å². The van der Waals surface area contributed by atoms with Crippen LogP contribution in [0.5, 0.6) is 5.75 Å². The first kappa shape index (κ1) is 29.6. The molecule has 0 aliphatic carbocycles. The van der Waals surface area contributed by atoms with Crippen molar-refractivity contribution in [3.05, 3.63) is 33.9 Å². The molecule has 0 saturated carbocycles. The Morgan fingerprint density at radius 1 is 1.14 bits per heavy atom. The highest BCUT2D eigenvalue weighted by atomic mass is 35.5. The van der Waals surface area contributed by atoms with E-state index in [9.17, 15) is 22.8 Å². The van der Waals surface area contributed by atoms with Gasteiger partial charge in [0.1, 0.15) is 19.0 Å². The number of nitrogens with zero attached hydrogens (tertiary/aromatic N) is 1. The molecule has 202 valence electrons. The van der Waals surface area contributed by atoms with E-state index in [1.807, 2.05) is 20.8 Å². The second-order valence-corrected chi connectivity index (χ2v) is 9.24. The van der Waals surface area contributed by atoms with E-state index in [0.29, 0.717) is 29.3 Å². The van der Waals surface area contributed by atoms with Crippen molar-refractivity contribution in [2.45, 2.75) is 38.5 Å². The Morgan fingerprint density at radius 2 is 1.81 bits per heavy atom. The molecule has 1 aromatic rings. The van der Waals surface area contributed by atoms with E-state index in [0.717, 1.165) is 6.08 Å². The van der Waals surface area contributed by atoms with Crippen molar-refractivity contribution in [2.24, 2.45) is 0 Å². The van der Waals surface area contributed by atoms with E-state index < -0.39 is 42.2 Å². The first-order valence-corrected chi connectivity index (χ1v) is 11.1. The Kier molecular flexibility index (Phi) is 10.4. The molecule has 1 aliphatic heterocycles. The SMILES string of the molecule is CN(CCO[NH2+]O)CCOC(=O)OCOC(=O)C1=Cc2cc(Cl)c(C(C)(C)C)cc2OC1C(F)(F)F. The summed E-state index contributed by atoms with van der Waals surface area (Å²) in [5.41, 5.74) is 0.0354. The van der Waals surface area contributed by atoms with Gasteiger partial charge in [-0.1, -0.05) is 38.0 Å². The van der Waals surface area contributed by atoms with Gasteiger partial charge >= 0.3 is 18.3 Å². The van der Waals surface area contributed by atoms with Crippen molar-refractivity contribution >= 4 is 29.8 Å². The lowest BCUT2D eigenvalue weighted by molar-refractivity contribution is -1.06. The van der Waals surface area contributed by atoms with Gasteiger partial charge in [0.05, 0.1) is 5.57 Å². The number of esters is 1. The minimum Gasteiger partial charge on any atom is -0.475 e. The average molecular weight is 542 g/mol. The number of benzene rings is 1. The summed E-state index contributed by atoms with van der Waals surface area (Å²) in [6, 6.07) is 2.83. The number of halogens is 4. The number of rotatable bonds is 10. The Labute approximate surface area is 210 Å². The summed E-state index contributed by atoms with van der Waals surface area (Å²) in [6.45, 7) is 5.47. The number of fused-ring (bicyclic) bond motifs is 1. The highest BCUT2D eigenvalue weighted by Gasteiger charge is 2.49. The summed E-state index contributed by atoms with van der Waals surface area (Å²) in [6.07, 6.45) is -7.69. The number of hydrogen-bond acceptors (Lipinski definition) is 9. The fourth-order valence-electron chi connectivity index (χ4n) is 3.12. The van der Waals surface area contributed by atoms with Crippen LogP contribution in [0.1, 0.15) is 31.9 Å². The van der Waals surface area contributed by atoms with Crippen molar-refractivity contribution in [3.8, 4) is 5.75 Å². The summed E-state index contributed by atoms with van der Waals surface area (Å²) in [7, 11) is 1.71. The van der Waals surface area contributed by atoms with E-state index in [2.05, 4.69) is 9.57 Å². The van der Waals surface area contributed by atoms with Crippen molar-refractivity contribution < 1.29 is 57.4 Å². The molecule has 0 aromatic heterocycles. The molecule has 1 heterocycles. The number of nitrogens with two attached hydrogens (primary N) is 1. The molecule has 1 unspecified atom stereocenters. The molecule has 2 rings (SSSR count). The molecule has 10 nitrogen and oxygen atoms in total. The van der Waals surface area contributed by atoms with Crippen molar-refractivity contribution in [1.29, 1.82) is 0 Å². The summed E-state index contributed by atoms with van der Waals surface area (Å²) >= 11 is 6.30. The van der Waals surface area contributed by atoms with Gasteiger partial charge in [-0.25, -0.2) is 9.59 Å². The first-order valence-electron chi connectivity index (χ1n) is 10.8. The smallest absolute Gasteiger partial charge is 0.475 e. The normalized spacial score (nSPS) is 15.6. The molecular formula is C22H29ClF3N2O8+. The molecular weight excluding hydrogens is 513 g/mol. The molecule has 0 fully saturated rings. The van der Waals surface area contributed by atoms with Crippen molar-refractivity contribution in [2.75, 3.05) is 40.1 Å². The molecule has 0 spiro atoms. The lowest BCUT2D eigenvalue weighted by Gasteiger charge is -2.30. The number of ether oxygens (including phenoxy) is 4. The van der Waals surface area contributed by atoms with Crippen molar-refractivity contribution in [3.63, 3.8) is 0 Å². The maximum atomic E-state index is 13.7. The van der Waals surface area contributed by atoms with Gasteiger partial charge < -0.3 is 23.8 Å². The Balaban J connectivity index is 1.99. The van der Waals surface area contributed by atoms with E-state index >= 15 is 0 Å². The van der Waals surface area contributed by atoms with Crippen LogP contribution in [0.25, 0.3) is 6.08 Å². The number of alkyl halides is 3. The van der Waals surface area contributed by atoms with Crippen LogP contribution in [0.15, 0.2) is 17.7 Å². The van der Waals surface area contributed by atoms with Gasteiger partial charge in [-0.3, -0.25) is 0 Å². The minimum absolute atomic E-state index is 0.0741. The highest BCUT2D eigenvalue weighted by molar-refractivity contribution is 6.31. The maximum Gasteiger partial charge on any atom is 0.511 e. The third-order valence-corrected chi connectivity index (χ3v) is 5.32. The van der Waals surface area contributed by atoms with Crippen LogP contribution in [-0.4, -0.2) is 74.7 Å². The quantitative estimate of drug-likeness (QED) is 0.199.